The van der Waals surface area contributed by atoms with Gasteiger partial charge in [0, 0.05) is 32.0 Å². The Hall–Kier alpha value is -0.870. The third-order valence-electron chi connectivity index (χ3n) is 3.67. The number of nitrogens with zero attached hydrogens (tertiary/aromatic N) is 3. The highest BCUT2D eigenvalue weighted by atomic mass is 15.3. The van der Waals surface area contributed by atoms with Crippen LogP contribution in [0.25, 0.3) is 0 Å². The fraction of sp³-hybridized carbons (Fsp3) is 0.727. The molecule has 0 amide bonds. The fourth-order valence-electron chi connectivity index (χ4n) is 2.81. The average Bonchev–Trinajstić information content (AvgIpc) is 2.91. The number of hydrogen-bond acceptors (Lipinski definition) is 3. The van der Waals surface area contributed by atoms with Gasteiger partial charge in [0.1, 0.15) is 0 Å². The van der Waals surface area contributed by atoms with Crippen LogP contribution in [-0.4, -0.2) is 47.4 Å². The summed E-state index contributed by atoms with van der Waals surface area (Å²) < 4.78 is 2.02. The summed E-state index contributed by atoms with van der Waals surface area (Å²) in [6, 6.07) is 1.99. The molecule has 0 radical (unpaired) electrons. The van der Waals surface area contributed by atoms with Crippen molar-refractivity contribution < 1.29 is 0 Å². The van der Waals surface area contributed by atoms with E-state index in [1.165, 1.54) is 26.2 Å². The molecule has 1 aromatic rings. The number of hydrogen-bond donors (Lipinski definition) is 1. The third-order valence-corrected chi connectivity index (χ3v) is 3.67. The topological polar surface area (TPSA) is 33.1 Å². The van der Waals surface area contributed by atoms with Crippen LogP contribution in [0.3, 0.4) is 0 Å². The van der Waals surface area contributed by atoms with Gasteiger partial charge in [0.15, 0.2) is 0 Å². The molecular weight excluding hydrogens is 188 g/mol. The number of rotatable bonds is 3. The van der Waals surface area contributed by atoms with Gasteiger partial charge in [-0.05, 0) is 31.0 Å². The van der Waals surface area contributed by atoms with Gasteiger partial charge in [-0.3, -0.25) is 4.68 Å². The summed E-state index contributed by atoms with van der Waals surface area (Å²) in [5.74, 6) is 1.81. The minimum absolute atomic E-state index is 0.905. The van der Waals surface area contributed by atoms with Gasteiger partial charge in [0.05, 0.1) is 6.54 Å². The lowest BCUT2D eigenvalue weighted by atomic mass is 10.0. The van der Waals surface area contributed by atoms with Crippen LogP contribution in [0.2, 0.25) is 0 Å². The highest BCUT2D eigenvalue weighted by Gasteiger charge is 2.35. The van der Waals surface area contributed by atoms with E-state index in [0.717, 1.165) is 24.9 Å². The second-order valence-corrected chi connectivity index (χ2v) is 4.71. The van der Waals surface area contributed by atoms with Gasteiger partial charge in [-0.15, -0.1) is 0 Å². The molecule has 0 unspecified atom stereocenters. The van der Waals surface area contributed by atoms with Crippen LogP contribution in [0.15, 0.2) is 18.5 Å². The van der Waals surface area contributed by atoms with E-state index >= 15 is 0 Å². The van der Waals surface area contributed by atoms with E-state index in [9.17, 15) is 0 Å². The van der Waals surface area contributed by atoms with E-state index in [2.05, 4.69) is 15.3 Å². The molecule has 0 bridgehead atoms. The van der Waals surface area contributed by atoms with Crippen molar-refractivity contribution in [1.29, 1.82) is 0 Å². The Labute approximate surface area is 90.3 Å². The standard InChI is InChI=1S/C11H18N4/c1-2-13-15(3-1)5-4-14-8-10-6-12-7-11(10)9-14/h1-3,10-12H,4-9H2/t10-,11+. The van der Waals surface area contributed by atoms with Crippen molar-refractivity contribution >= 4 is 0 Å². The van der Waals surface area contributed by atoms with E-state index in [0.29, 0.717) is 0 Å². The van der Waals surface area contributed by atoms with Crippen LogP contribution >= 0.6 is 0 Å². The number of aromatic nitrogens is 2. The van der Waals surface area contributed by atoms with Crippen molar-refractivity contribution in [2.45, 2.75) is 6.54 Å². The smallest absolute Gasteiger partial charge is 0.0536 e. The maximum absolute atomic E-state index is 4.23. The Morgan fingerprint density at radius 3 is 2.67 bits per heavy atom. The number of fused-ring (bicyclic) bond motifs is 1. The molecule has 1 N–H and O–H groups in total. The van der Waals surface area contributed by atoms with Gasteiger partial charge in [-0.2, -0.15) is 5.10 Å². The molecule has 0 aliphatic carbocycles. The Kier molecular flexibility index (Phi) is 2.46. The maximum atomic E-state index is 4.23. The molecule has 3 heterocycles. The first-order valence-electron chi connectivity index (χ1n) is 5.82. The van der Waals surface area contributed by atoms with E-state index in [1.807, 2.05) is 23.1 Å². The van der Waals surface area contributed by atoms with Crippen molar-refractivity contribution in [2.75, 3.05) is 32.7 Å². The minimum Gasteiger partial charge on any atom is -0.316 e. The summed E-state index contributed by atoms with van der Waals surface area (Å²) in [4.78, 5) is 2.58. The molecule has 2 atom stereocenters. The molecule has 3 rings (SSSR count). The predicted molar refractivity (Wildman–Crippen MR) is 58.5 cm³/mol. The predicted octanol–water partition coefficient (Wildman–Crippen LogP) is 0.0343. The SMILES string of the molecule is c1cnn(CCN2C[C@H]3CNC[C@H]3C2)c1. The van der Waals surface area contributed by atoms with Crippen LogP contribution < -0.4 is 5.32 Å². The molecule has 2 fully saturated rings. The van der Waals surface area contributed by atoms with Gasteiger partial charge in [-0.1, -0.05) is 0 Å². The van der Waals surface area contributed by atoms with Crippen LogP contribution in [0.5, 0.6) is 0 Å². The second kappa shape index (κ2) is 3.94. The summed E-state index contributed by atoms with van der Waals surface area (Å²) >= 11 is 0. The number of nitrogens with one attached hydrogen (secondary N) is 1. The quantitative estimate of drug-likeness (QED) is 0.757. The zero-order valence-corrected chi connectivity index (χ0v) is 8.97. The van der Waals surface area contributed by atoms with Crippen molar-refractivity contribution in [3.8, 4) is 0 Å². The first kappa shape index (κ1) is 9.36. The summed E-state index contributed by atoms with van der Waals surface area (Å²) in [6.45, 7) is 7.18. The Balaban J connectivity index is 1.49. The first-order chi connectivity index (χ1) is 7.42. The van der Waals surface area contributed by atoms with Crippen LogP contribution in [0, 0.1) is 11.8 Å². The minimum atomic E-state index is 0.905. The van der Waals surface area contributed by atoms with E-state index in [4.69, 9.17) is 0 Å². The molecule has 0 spiro atoms. The lowest BCUT2D eigenvalue weighted by molar-refractivity contribution is 0.294. The molecular formula is C11H18N4. The molecule has 2 saturated heterocycles. The normalized spacial score (nSPS) is 30.9. The van der Waals surface area contributed by atoms with E-state index < -0.39 is 0 Å². The van der Waals surface area contributed by atoms with Gasteiger partial charge < -0.3 is 10.2 Å². The second-order valence-electron chi connectivity index (χ2n) is 4.71. The van der Waals surface area contributed by atoms with Crippen molar-refractivity contribution in [2.24, 2.45) is 11.8 Å². The zero-order chi connectivity index (χ0) is 10.1. The van der Waals surface area contributed by atoms with Crippen molar-refractivity contribution in [3.63, 3.8) is 0 Å². The van der Waals surface area contributed by atoms with Gasteiger partial charge in [0.25, 0.3) is 0 Å². The molecule has 1 aromatic heterocycles. The van der Waals surface area contributed by atoms with Gasteiger partial charge >= 0.3 is 0 Å². The summed E-state index contributed by atoms with van der Waals surface area (Å²) in [5.41, 5.74) is 0. The number of likely N-dealkylation sites (tertiary alicyclic amines) is 1. The summed E-state index contributed by atoms with van der Waals surface area (Å²) in [5, 5.41) is 7.70. The highest BCUT2D eigenvalue weighted by Crippen LogP contribution is 2.25. The third kappa shape index (κ3) is 1.92. The summed E-state index contributed by atoms with van der Waals surface area (Å²) in [7, 11) is 0. The molecule has 0 saturated carbocycles. The molecule has 15 heavy (non-hydrogen) atoms. The lowest BCUT2D eigenvalue weighted by Gasteiger charge is -2.16. The molecule has 2 aliphatic heterocycles. The lowest BCUT2D eigenvalue weighted by Crippen LogP contribution is -2.29. The van der Waals surface area contributed by atoms with Crippen LogP contribution in [0.4, 0.5) is 0 Å². The van der Waals surface area contributed by atoms with E-state index in [1.54, 1.807) is 0 Å². The molecule has 4 nitrogen and oxygen atoms in total. The van der Waals surface area contributed by atoms with Gasteiger partial charge in [-0.25, -0.2) is 0 Å². The molecule has 4 heteroatoms. The fourth-order valence-corrected chi connectivity index (χ4v) is 2.81. The van der Waals surface area contributed by atoms with Gasteiger partial charge in [0.2, 0.25) is 0 Å². The Bertz CT molecular complexity index is 296. The summed E-state index contributed by atoms with van der Waals surface area (Å²) in [6.07, 6.45) is 3.89. The van der Waals surface area contributed by atoms with E-state index in [-0.39, 0.29) is 0 Å². The monoisotopic (exact) mass is 206 g/mol. The largest absolute Gasteiger partial charge is 0.316 e. The molecule has 0 aromatic carbocycles. The maximum Gasteiger partial charge on any atom is 0.0536 e. The Morgan fingerprint density at radius 1 is 1.20 bits per heavy atom. The Morgan fingerprint density at radius 2 is 2.00 bits per heavy atom. The van der Waals surface area contributed by atoms with Crippen molar-refractivity contribution in [1.82, 2.24) is 20.0 Å². The first-order valence-corrected chi connectivity index (χ1v) is 5.82. The highest BCUT2D eigenvalue weighted by molar-refractivity contribution is 4.91. The van der Waals surface area contributed by atoms with Crippen LogP contribution in [0.1, 0.15) is 0 Å². The van der Waals surface area contributed by atoms with Crippen molar-refractivity contribution in [3.05, 3.63) is 18.5 Å². The average molecular weight is 206 g/mol. The molecule has 2 aliphatic rings. The van der Waals surface area contributed by atoms with Crippen LogP contribution in [-0.2, 0) is 6.54 Å². The molecule has 82 valence electrons. The zero-order valence-electron chi connectivity index (χ0n) is 8.97.